The molecule has 0 saturated heterocycles. The Morgan fingerprint density at radius 3 is 2.70 bits per heavy atom. The van der Waals surface area contributed by atoms with E-state index in [0.717, 1.165) is 5.56 Å². The molecule has 0 radical (unpaired) electrons. The Bertz CT molecular complexity index is 595. The van der Waals surface area contributed by atoms with Crippen molar-refractivity contribution in [1.82, 2.24) is 20.3 Å². The second-order valence-corrected chi connectivity index (χ2v) is 4.24. The van der Waals surface area contributed by atoms with Crippen molar-refractivity contribution in [1.29, 1.82) is 0 Å². The number of carboxylic acids is 1. The minimum Gasteiger partial charge on any atom is -0.480 e. The van der Waals surface area contributed by atoms with E-state index in [1.54, 1.807) is 0 Å². The van der Waals surface area contributed by atoms with Gasteiger partial charge in [-0.15, -0.1) is 5.10 Å². The van der Waals surface area contributed by atoms with E-state index >= 15 is 0 Å². The molecule has 0 atom stereocenters. The number of carbonyl (C=O) groups excluding carboxylic acids is 1. The van der Waals surface area contributed by atoms with Gasteiger partial charge in [-0.1, -0.05) is 35.5 Å². The van der Waals surface area contributed by atoms with Gasteiger partial charge < -0.3 is 10.4 Å². The van der Waals surface area contributed by atoms with Crippen molar-refractivity contribution in [3.8, 4) is 0 Å². The summed E-state index contributed by atoms with van der Waals surface area (Å²) >= 11 is 0. The van der Waals surface area contributed by atoms with Gasteiger partial charge in [-0.2, -0.15) is 0 Å². The number of benzene rings is 1. The number of rotatable bonds is 6. The van der Waals surface area contributed by atoms with Crippen LogP contribution in [0.15, 0.2) is 36.5 Å². The van der Waals surface area contributed by atoms with Crippen LogP contribution in [0.3, 0.4) is 0 Å². The van der Waals surface area contributed by atoms with Gasteiger partial charge in [0.2, 0.25) is 5.91 Å². The molecule has 7 heteroatoms. The zero-order valence-electron chi connectivity index (χ0n) is 10.7. The number of amides is 1. The molecule has 0 bridgehead atoms. The average Bonchev–Trinajstić information content (AvgIpc) is 2.84. The molecule has 0 spiro atoms. The van der Waals surface area contributed by atoms with Gasteiger partial charge in [-0.05, 0) is 5.56 Å². The van der Waals surface area contributed by atoms with Crippen LogP contribution < -0.4 is 5.32 Å². The van der Waals surface area contributed by atoms with E-state index in [0.29, 0.717) is 12.1 Å². The maximum absolute atomic E-state index is 11.7. The molecule has 20 heavy (non-hydrogen) atoms. The van der Waals surface area contributed by atoms with Crippen LogP contribution in [0.25, 0.3) is 0 Å². The lowest BCUT2D eigenvalue weighted by molar-refractivity contribution is -0.138. The number of hydrogen-bond donors (Lipinski definition) is 2. The predicted octanol–water partition coefficient (Wildman–Crippen LogP) is 0.222. The molecule has 0 fully saturated rings. The normalized spacial score (nSPS) is 10.2. The molecular weight excluding hydrogens is 260 g/mol. The van der Waals surface area contributed by atoms with Crippen LogP contribution in [-0.4, -0.2) is 32.0 Å². The largest absolute Gasteiger partial charge is 0.480 e. The number of aromatic nitrogens is 3. The Kier molecular flexibility index (Phi) is 4.43. The number of nitrogens with zero attached hydrogens (tertiary/aromatic N) is 3. The molecule has 0 unspecified atom stereocenters. The van der Waals surface area contributed by atoms with Crippen LogP contribution in [0.4, 0.5) is 0 Å². The van der Waals surface area contributed by atoms with Crippen molar-refractivity contribution in [2.24, 2.45) is 0 Å². The van der Waals surface area contributed by atoms with E-state index in [4.69, 9.17) is 5.11 Å². The van der Waals surface area contributed by atoms with Crippen LogP contribution in [-0.2, 0) is 29.1 Å². The fourth-order valence-electron chi connectivity index (χ4n) is 1.67. The Morgan fingerprint density at radius 2 is 2.00 bits per heavy atom. The summed E-state index contributed by atoms with van der Waals surface area (Å²) in [6.45, 7) is -0.0176. The summed E-state index contributed by atoms with van der Waals surface area (Å²) < 4.78 is 1.21. The monoisotopic (exact) mass is 274 g/mol. The van der Waals surface area contributed by atoms with Crippen molar-refractivity contribution >= 4 is 11.9 Å². The lowest BCUT2D eigenvalue weighted by Gasteiger charge is -2.02. The molecule has 0 aliphatic heterocycles. The highest BCUT2D eigenvalue weighted by Crippen LogP contribution is 2.00. The number of carboxylic acid groups (broad SMARTS) is 1. The maximum atomic E-state index is 11.7. The third kappa shape index (κ3) is 4.20. The minimum atomic E-state index is -0.991. The first-order valence-corrected chi connectivity index (χ1v) is 6.05. The third-order valence-corrected chi connectivity index (χ3v) is 2.56. The highest BCUT2D eigenvalue weighted by Gasteiger charge is 2.06. The summed E-state index contributed by atoms with van der Waals surface area (Å²) in [4.78, 5) is 22.2. The highest BCUT2D eigenvalue weighted by molar-refractivity contribution is 5.78. The second kappa shape index (κ2) is 6.46. The van der Waals surface area contributed by atoms with Gasteiger partial charge in [-0.3, -0.25) is 9.59 Å². The first-order chi connectivity index (χ1) is 9.63. The molecule has 2 rings (SSSR count). The van der Waals surface area contributed by atoms with E-state index in [-0.39, 0.29) is 19.0 Å². The summed E-state index contributed by atoms with van der Waals surface area (Å²) in [7, 11) is 0. The molecule has 0 aliphatic rings. The van der Waals surface area contributed by atoms with E-state index in [1.165, 1.54) is 10.9 Å². The van der Waals surface area contributed by atoms with Crippen molar-refractivity contribution in [2.75, 3.05) is 0 Å². The molecule has 7 nitrogen and oxygen atoms in total. The molecule has 1 amide bonds. The third-order valence-electron chi connectivity index (χ3n) is 2.56. The number of nitrogens with one attached hydrogen (secondary N) is 1. The van der Waals surface area contributed by atoms with E-state index < -0.39 is 5.97 Å². The van der Waals surface area contributed by atoms with Gasteiger partial charge in [0.25, 0.3) is 0 Å². The summed E-state index contributed by atoms with van der Waals surface area (Å²) in [5.74, 6) is -1.11. The summed E-state index contributed by atoms with van der Waals surface area (Å²) in [5.41, 5.74) is 1.45. The molecule has 1 aromatic carbocycles. The molecule has 104 valence electrons. The van der Waals surface area contributed by atoms with Gasteiger partial charge in [0, 0.05) is 0 Å². The van der Waals surface area contributed by atoms with Crippen LogP contribution in [0, 0.1) is 0 Å². The molecule has 2 N–H and O–H groups in total. The van der Waals surface area contributed by atoms with Crippen LogP contribution >= 0.6 is 0 Å². The predicted molar refractivity (Wildman–Crippen MR) is 69.7 cm³/mol. The molecule has 0 saturated carbocycles. The van der Waals surface area contributed by atoms with E-state index in [9.17, 15) is 9.59 Å². The van der Waals surface area contributed by atoms with E-state index in [2.05, 4.69) is 15.6 Å². The Morgan fingerprint density at radius 1 is 1.25 bits per heavy atom. The molecule has 1 heterocycles. The summed E-state index contributed by atoms with van der Waals surface area (Å²) in [6.07, 6.45) is 1.79. The number of carbonyl (C=O) groups is 2. The van der Waals surface area contributed by atoms with Gasteiger partial charge >= 0.3 is 5.97 Å². The lowest BCUT2D eigenvalue weighted by Crippen LogP contribution is -2.24. The van der Waals surface area contributed by atoms with Gasteiger partial charge in [0.15, 0.2) is 0 Å². The molecule has 0 aliphatic carbocycles. The van der Waals surface area contributed by atoms with Crippen LogP contribution in [0.2, 0.25) is 0 Å². The highest BCUT2D eigenvalue weighted by atomic mass is 16.4. The lowest BCUT2D eigenvalue weighted by atomic mass is 10.1. The summed E-state index contributed by atoms with van der Waals surface area (Å²) in [5, 5.41) is 18.7. The first kappa shape index (κ1) is 13.7. The van der Waals surface area contributed by atoms with Gasteiger partial charge in [0.1, 0.15) is 12.2 Å². The second-order valence-electron chi connectivity index (χ2n) is 4.24. The smallest absolute Gasteiger partial charge is 0.325 e. The quantitative estimate of drug-likeness (QED) is 0.785. The molecule has 2 aromatic rings. The number of hydrogen-bond acceptors (Lipinski definition) is 4. The standard InChI is InChI=1S/C13H14N4O3/c18-12(6-10-4-2-1-3-5-10)14-7-11-8-17(16-15-11)9-13(19)20/h1-5,8H,6-7,9H2,(H,14,18)(H,19,20). The zero-order chi connectivity index (χ0) is 14.4. The van der Waals surface area contributed by atoms with Crippen molar-refractivity contribution in [2.45, 2.75) is 19.5 Å². The Hall–Kier alpha value is -2.70. The van der Waals surface area contributed by atoms with Gasteiger partial charge in [-0.25, -0.2) is 4.68 Å². The van der Waals surface area contributed by atoms with Crippen molar-refractivity contribution in [3.63, 3.8) is 0 Å². The average molecular weight is 274 g/mol. The maximum Gasteiger partial charge on any atom is 0.325 e. The Labute approximate surface area is 115 Å². The SMILES string of the molecule is O=C(O)Cn1cc(CNC(=O)Cc2ccccc2)nn1. The van der Waals surface area contributed by atoms with Crippen LogP contribution in [0.1, 0.15) is 11.3 Å². The first-order valence-electron chi connectivity index (χ1n) is 6.05. The number of aliphatic carboxylic acids is 1. The topological polar surface area (TPSA) is 97.1 Å². The fraction of sp³-hybridized carbons (Fsp3) is 0.231. The van der Waals surface area contributed by atoms with Crippen LogP contribution in [0.5, 0.6) is 0 Å². The molecule has 1 aromatic heterocycles. The van der Waals surface area contributed by atoms with Crippen molar-refractivity contribution < 1.29 is 14.7 Å². The fourth-order valence-corrected chi connectivity index (χ4v) is 1.67. The zero-order valence-corrected chi connectivity index (χ0v) is 10.7. The van der Waals surface area contributed by atoms with Gasteiger partial charge in [0.05, 0.1) is 19.2 Å². The van der Waals surface area contributed by atoms with E-state index in [1.807, 2.05) is 30.3 Å². The van der Waals surface area contributed by atoms with Crippen molar-refractivity contribution in [3.05, 3.63) is 47.8 Å². The minimum absolute atomic E-state index is 0.121. The molecular formula is C13H14N4O3. The Balaban J connectivity index is 1.81. The summed E-state index contributed by atoms with van der Waals surface area (Å²) in [6, 6.07) is 9.40.